The number of para-hydroxylation sites is 1. The van der Waals surface area contributed by atoms with E-state index in [1.54, 1.807) is 11.7 Å². The molecule has 2 aliphatic rings. The molecular weight excluding hydrogens is 400 g/mol. The Bertz CT molecular complexity index is 1340. The highest BCUT2D eigenvalue weighted by molar-refractivity contribution is 7.07. The van der Waals surface area contributed by atoms with Crippen molar-refractivity contribution < 1.29 is 14.3 Å². The van der Waals surface area contributed by atoms with E-state index in [1.807, 2.05) is 61.5 Å². The third-order valence-corrected chi connectivity index (χ3v) is 6.71. The van der Waals surface area contributed by atoms with Gasteiger partial charge in [-0.3, -0.25) is 14.2 Å². The fourth-order valence-electron chi connectivity index (χ4n) is 4.41. The number of fused-ring (bicyclic) bond motifs is 6. The van der Waals surface area contributed by atoms with Crippen LogP contribution in [-0.4, -0.2) is 23.2 Å². The van der Waals surface area contributed by atoms with Crippen LogP contribution in [0.5, 0.6) is 11.5 Å². The van der Waals surface area contributed by atoms with Crippen molar-refractivity contribution in [2.24, 2.45) is 10.9 Å². The van der Waals surface area contributed by atoms with E-state index < -0.39 is 17.7 Å². The topological polar surface area (TPSA) is 69.9 Å². The molecule has 0 unspecified atom stereocenters. The van der Waals surface area contributed by atoms with Crippen molar-refractivity contribution in [3.05, 3.63) is 79.3 Å². The van der Waals surface area contributed by atoms with Gasteiger partial charge >= 0.3 is 0 Å². The second-order valence-corrected chi connectivity index (χ2v) is 8.69. The number of ether oxygens (including phenoxy) is 2. The van der Waals surface area contributed by atoms with Crippen LogP contribution in [0.2, 0.25) is 0 Å². The van der Waals surface area contributed by atoms with E-state index in [0.717, 1.165) is 16.9 Å². The predicted octanol–water partition coefficient (Wildman–Crippen LogP) is 2.28. The van der Waals surface area contributed by atoms with Gasteiger partial charge in [0.25, 0.3) is 5.56 Å². The molecule has 152 valence electrons. The maximum atomic E-state index is 13.4. The van der Waals surface area contributed by atoms with Crippen LogP contribution in [0.4, 0.5) is 0 Å². The van der Waals surface area contributed by atoms with E-state index in [9.17, 15) is 9.59 Å². The lowest BCUT2D eigenvalue weighted by atomic mass is 9.79. The first-order chi connectivity index (χ1) is 14.4. The van der Waals surface area contributed by atoms with Crippen LogP contribution < -0.4 is 24.4 Å². The average Bonchev–Trinajstić information content (AvgIpc) is 3.01. The van der Waals surface area contributed by atoms with E-state index in [1.165, 1.54) is 18.3 Å². The van der Waals surface area contributed by atoms with Crippen LogP contribution in [0.1, 0.15) is 31.0 Å². The van der Waals surface area contributed by atoms with E-state index in [-0.39, 0.29) is 11.3 Å². The Kier molecular flexibility index (Phi) is 4.18. The van der Waals surface area contributed by atoms with Crippen LogP contribution in [0.3, 0.4) is 0 Å². The zero-order chi connectivity index (χ0) is 21.0. The van der Waals surface area contributed by atoms with E-state index in [4.69, 9.17) is 14.5 Å². The van der Waals surface area contributed by atoms with Gasteiger partial charge in [-0.25, -0.2) is 4.99 Å². The number of benzene rings is 2. The zero-order valence-corrected chi connectivity index (χ0v) is 17.6. The Morgan fingerprint density at radius 1 is 1.23 bits per heavy atom. The molecule has 2 bridgehead atoms. The number of carbonyl (C=O) groups is 1. The van der Waals surface area contributed by atoms with Crippen LogP contribution in [-0.2, 0) is 4.79 Å². The Hall–Kier alpha value is -3.19. The number of carbonyl (C=O) groups excluding carboxylic acids is 1. The van der Waals surface area contributed by atoms with Crippen molar-refractivity contribution in [1.29, 1.82) is 0 Å². The van der Waals surface area contributed by atoms with Crippen molar-refractivity contribution in [3.8, 4) is 11.5 Å². The molecule has 0 aliphatic carbocycles. The molecule has 0 fully saturated rings. The summed E-state index contributed by atoms with van der Waals surface area (Å²) in [6, 6.07) is 14.6. The first-order valence-electron chi connectivity index (χ1n) is 9.67. The summed E-state index contributed by atoms with van der Waals surface area (Å²) in [4.78, 5) is 31.4. The minimum atomic E-state index is -1.04. The SMILES string of the molecule is COc1ccc(/C=c2/sc3n(c2=O)[C@H]2c4ccccc4O[C@](C)(N=3)[C@H]2C(C)=O)cc1. The Labute approximate surface area is 176 Å². The summed E-state index contributed by atoms with van der Waals surface area (Å²) in [5, 5.41) is 0. The summed E-state index contributed by atoms with van der Waals surface area (Å²) in [5.41, 5.74) is 0.535. The molecule has 3 aromatic rings. The van der Waals surface area contributed by atoms with Gasteiger partial charge in [-0.2, -0.15) is 0 Å². The van der Waals surface area contributed by atoms with Crippen LogP contribution in [0.15, 0.2) is 58.3 Å². The normalized spacial score (nSPS) is 24.3. The van der Waals surface area contributed by atoms with E-state index in [0.29, 0.717) is 15.1 Å². The van der Waals surface area contributed by atoms with Gasteiger partial charge in [-0.1, -0.05) is 41.7 Å². The number of hydrogen-bond acceptors (Lipinski definition) is 6. The van der Waals surface area contributed by atoms with Crippen molar-refractivity contribution in [3.63, 3.8) is 0 Å². The molecular formula is C23H20N2O4S. The molecule has 2 aliphatic heterocycles. The van der Waals surface area contributed by atoms with Crippen molar-refractivity contribution >= 4 is 23.2 Å². The number of hydrogen-bond donors (Lipinski definition) is 0. The summed E-state index contributed by atoms with van der Waals surface area (Å²) in [6.45, 7) is 3.36. The van der Waals surface area contributed by atoms with E-state index >= 15 is 0 Å². The van der Waals surface area contributed by atoms with Crippen LogP contribution in [0.25, 0.3) is 6.08 Å². The summed E-state index contributed by atoms with van der Waals surface area (Å²) in [5.74, 6) is 0.797. The van der Waals surface area contributed by atoms with Gasteiger partial charge in [0.1, 0.15) is 23.2 Å². The van der Waals surface area contributed by atoms with Crippen LogP contribution in [0, 0.1) is 5.92 Å². The third kappa shape index (κ3) is 2.73. The average molecular weight is 420 g/mol. The highest BCUT2D eigenvalue weighted by Gasteiger charge is 2.53. The molecule has 7 heteroatoms. The molecule has 3 atom stereocenters. The smallest absolute Gasteiger partial charge is 0.270 e. The van der Waals surface area contributed by atoms with Gasteiger partial charge in [-0.05, 0) is 43.7 Å². The fraction of sp³-hybridized carbons (Fsp3) is 0.261. The first-order valence-corrected chi connectivity index (χ1v) is 10.5. The number of thiazole rings is 1. The molecule has 0 radical (unpaired) electrons. The number of ketones is 1. The molecule has 3 heterocycles. The lowest BCUT2D eigenvalue weighted by molar-refractivity contribution is -0.132. The lowest BCUT2D eigenvalue weighted by Crippen LogP contribution is -2.58. The lowest BCUT2D eigenvalue weighted by Gasteiger charge is -2.45. The first kappa shape index (κ1) is 18.8. The summed E-state index contributed by atoms with van der Waals surface area (Å²) >= 11 is 1.32. The number of nitrogens with zero attached hydrogens (tertiary/aromatic N) is 2. The van der Waals surface area contributed by atoms with E-state index in [2.05, 4.69) is 0 Å². The van der Waals surface area contributed by atoms with Gasteiger partial charge < -0.3 is 9.47 Å². The molecule has 0 saturated heterocycles. The van der Waals surface area contributed by atoms with Crippen LogP contribution >= 0.6 is 11.3 Å². The summed E-state index contributed by atoms with van der Waals surface area (Å²) in [7, 11) is 1.61. The molecule has 0 spiro atoms. The van der Waals surface area contributed by atoms with Crippen molar-refractivity contribution in [1.82, 2.24) is 4.57 Å². The quantitative estimate of drug-likeness (QED) is 0.652. The second kappa shape index (κ2) is 6.67. The second-order valence-electron chi connectivity index (χ2n) is 7.68. The molecule has 0 N–H and O–H groups in total. The van der Waals surface area contributed by atoms with Gasteiger partial charge in [-0.15, -0.1) is 0 Å². The molecule has 1 aromatic heterocycles. The van der Waals surface area contributed by atoms with Crippen molar-refractivity contribution in [2.45, 2.75) is 25.6 Å². The Morgan fingerprint density at radius 3 is 2.67 bits per heavy atom. The Morgan fingerprint density at radius 2 is 1.97 bits per heavy atom. The molecule has 6 nitrogen and oxygen atoms in total. The number of aromatic nitrogens is 1. The highest BCUT2D eigenvalue weighted by Crippen LogP contribution is 2.47. The Balaban J connectivity index is 1.76. The minimum absolute atomic E-state index is 0.0508. The molecule has 0 saturated carbocycles. The van der Waals surface area contributed by atoms with Gasteiger partial charge in [0.05, 0.1) is 17.7 Å². The molecule has 30 heavy (non-hydrogen) atoms. The maximum absolute atomic E-state index is 13.4. The predicted molar refractivity (Wildman–Crippen MR) is 114 cm³/mol. The number of rotatable bonds is 3. The standard InChI is InChI=1S/C23H20N2O4S/c1-13(26)19-20-16-6-4-5-7-17(16)29-23(19,2)24-22-25(20)21(27)18(30-22)12-14-8-10-15(28-3)11-9-14/h4-12,19-20H,1-3H3/b18-12+/t19-,20-,23-/m0/s1. The summed E-state index contributed by atoms with van der Waals surface area (Å²) < 4.78 is 13.6. The highest BCUT2D eigenvalue weighted by atomic mass is 32.1. The summed E-state index contributed by atoms with van der Waals surface area (Å²) in [6.07, 6.45) is 1.84. The van der Waals surface area contributed by atoms with Crippen molar-refractivity contribution in [2.75, 3.05) is 7.11 Å². The molecule has 0 amide bonds. The number of methoxy groups -OCH3 is 1. The van der Waals surface area contributed by atoms with Gasteiger partial charge in [0, 0.05) is 5.56 Å². The number of Topliss-reactive ketones (excluding diaryl/α,β-unsaturated/α-hetero) is 1. The van der Waals surface area contributed by atoms with Gasteiger partial charge in [0.15, 0.2) is 4.80 Å². The molecule has 5 rings (SSSR count). The maximum Gasteiger partial charge on any atom is 0.270 e. The van der Waals surface area contributed by atoms with Gasteiger partial charge in [0.2, 0.25) is 5.72 Å². The fourth-order valence-corrected chi connectivity index (χ4v) is 5.51. The third-order valence-electron chi connectivity index (χ3n) is 5.73. The minimum Gasteiger partial charge on any atom is -0.497 e. The zero-order valence-electron chi connectivity index (χ0n) is 16.8. The monoisotopic (exact) mass is 420 g/mol. The molecule has 2 aromatic carbocycles. The largest absolute Gasteiger partial charge is 0.497 e.